The molecule has 2 amide bonds. The minimum absolute atomic E-state index is 0.0793. The number of benzene rings is 1. The Kier molecular flexibility index (Phi) is 7.86. The Balaban J connectivity index is 1.84. The minimum atomic E-state index is -3.40. The second-order valence-corrected chi connectivity index (χ2v) is 8.71. The molecule has 8 heteroatoms. The van der Waals surface area contributed by atoms with Crippen LogP contribution in [0.4, 0.5) is 4.79 Å². The number of hydrogen-bond acceptors (Lipinski definition) is 5. The summed E-state index contributed by atoms with van der Waals surface area (Å²) >= 11 is 0. The van der Waals surface area contributed by atoms with Crippen molar-refractivity contribution in [3.05, 3.63) is 30.3 Å². The van der Waals surface area contributed by atoms with Crippen LogP contribution in [-0.2, 0) is 14.6 Å². The number of nitrogens with zero attached hydrogens (tertiary/aromatic N) is 2. The Hall–Kier alpha value is -1.64. The van der Waals surface area contributed by atoms with E-state index in [1.54, 1.807) is 35.2 Å². The standard InChI is InChI=1S/C18H29N3O4S/c1-16(2)21(12-15-26(23,24)17-6-4-3-5-7-17)18(22)19-8-9-20-10-13-25-14-11-20/h3-7,16H,8-15H2,1-2H3,(H,19,22). The van der Waals surface area contributed by atoms with E-state index in [1.165, 1.54) is 0 Å². The van der Waals surface area contributed by atoms with E-state index in [2.05, 4.69) is 10.2 Å². The molecule has 1 aliphatic heterocycles. The number of carbonyl (C=O) groups excluding carboxylic acids is 1. The van der Waals surface area contributed by atoms with Gasteiger partial charge in [-0.15, -0.1) is 0 Å². The van der Waals surface area contributed by atoms with Gasteiger partial charge in [0.15, 0.2) is 9.84 Å². The van der Waals surface area contributed by atoms with Crippen LogP contribution < -0.4 is 5.32 Å². The summed E-state index contributed by atoms with van der Waals surface area (Å²) in [7, 11) is -3.40. The van der Waals surface area contributed by atoms with Crippen LogP contribution in [0.2, 0.25) is 0 Å². The third kappa shape index (κ3) is 6.26. The van der Waals surface area contributed by atoms with Gasteiger partial charge in [-0.3, -0.25) is 4.90 Å². The molecule has 0 radical (unpaired) electrons. The van der Waals surface area contributed by atoms with Crippen molar-refractivity contribution in [2.24, 2.45) is 0 Å². The first-order chi connectivity index (χ1) is 12.4. The van der Waals surface area contributed by atoms with Gasteiger partial charge in [0.25, 0.3) is 0 Å². The number of nitrogens with one attached hydrogen (secondary N) is 1. The molecule has 0 atom stereocenters. The number of morpholine rings is 1. The summed E-state index contributed by atoms with van der Waals surface area (Å²) < 4.78 is 30.2. The number of hydrogen-bond donors (Lipinski definition) is 1. The van der Waals surface area contributed by atoms with E-state index >= 15 is 0 Å². The highest BCUT2D eigenvalue weighted by molar-refractivity contribution is 7.91. The van der Waals surface area contributed by atoms with E-state index in [0.717, 1.165) is 32.8 Å². The smallest absolute Gasteiger partial charge is 0.317 e. The second kappa shape index (κ2) is 9.89. The molecule has 0 bridgehead atoms. The number of ether oxygens (including phenoxy) is 1. The average molecular weight is 384 g/mol. The number of carbonyl (C=O) groups is 1. The fourth-order valence-electron chi connectivity index (χ4n) is 2.81. The Morgan fingerprint density at radius 2 is 1.88 bits per heavy atom. The maximum Gasteiger partial charge on any atom is 0.317 e. The van der Waals surface area contributed by atoms with Gasteiger partial charge in [0.05, 0.1) is 23.9 Å². The third-order valence-corrected chi connectivity index (χ3v) is 6.11. The van der Waals surface area contributed by atoms with Crippen molar-refractivity contribution < 1.29 is 17.9 Å². The molecular formula is C18H29N3O4S. The number of amides is 2. The topological polar surface area (TPSA) is 79.0 Å². The van der Waals surface area contributed by atoms with E-state index in [-0.39, 0.29) is 29.3 Å². The van der Waals surface area contributed by atoms with Crippen molar-refractivity contribution in [1.82, 2.24) is 15.1 Å². The lowest BCUT2D eigenvalue weighted by atomic mass is 10.3. The molecule has 1 aromatic carbocycles. The maximum atomic E-state index is 12.5. The first-order valence-corrected chi connectivity index (χ1v) is 10.7. The summed E-state index contributed by atoms with van der Waals surface area (Å²) in [5, 5.41) is 2.90. The molecule has 0 aliphatic carbocycles. The maximum absolute atomic E-state index is 12.5. The summed E-state index contributed by atoms with van der Waals surface area (Å²) in [6, 6.07) is 8.04. The van der Waals surface area contributed by atoms with E-state index in [1.807, 2.05) is 13.8 Å². The van der Waals surface area contributed by atoms with Crippen molar-refractivity contribution in [2.45, 2.75) is 24.8 Å². The minimum Gasteiger partial charge on any atom is -0.379 e. The van der Waals surface area contributed by atoms with Gasteiger partial charge >= 0.3 is 6.03 Å². The molecule has 26 heavy (non-hydrogen) atoms. The zero-order valence-corrected chi connectivity index (χ0v) is 16.4. The van der Waals surface area contributed by atoms with Gasteiger partial charge in [-0.1, -0.05) is 18.2 Å². The average Bonchev–Trinajstić information content (AvgIpc) is 2.63. The molecule has 1 aliphatic rings. The van der Waals surface area contributed by atoms with Crippen molar-refractivity contribution in [3.63, 3.8) is 0 Å². The highest BCUT2D eigenvalue weighted by Crippen LogP contribution is 2.11. The fourth-order valence-corrected chi connectivity index (χ4v) is 4.05. The van der Waals surface area contributed by atoms with Gasteiger partial charge < -0.3 is 15.0 Å². The molecule has 0 spiro atoms. The first kappa shape index (κ1) is 20.7. The van der Waals surface area contributed by atoms with Crippen LogP contribution in [0.15, 0.2) is 35.2 Å². The molecule has 0 unspecified atom stereocenters. The van der Waals surface area contributed by atoms with Gasteiger partial charge in [0.2, 0.25) is 0 Å². The molecule has 0 saturated carbocycles. The van der Waals surface area contributed by atoms with E-state index < -0.39 is 9.84 Å². The normalized spacial score (nSPS) is 15.8. The summed E-state index contributed by atoms with van der Waals surface area (Å²) in [6.45, 7) is 8.44. The molecule has 2 rings (SSSR count). The molecule has 1 saturated heterocycles. The number of sulfone groups is 1. The van der Waals surface area contributed by atoms with Gasteiger partial charge in [0, 0.05) is 38.8 Å². The van der Waals surface area contributed by atoms with E-state index in [9.17, 15) is 13.2 Å². The van der Waals surface area contributed by atoms with Crippen LogP contribution in [0.5, 0.6) is 0 Å². The largest absolute Gasteiger partial charge is 0.379 e. The molecule has 1 aromatic rings. The van der Waals surface area contributed by atoms with Crippen molar-refractivity contribution in [1.29, 1.82) is 0 Å². The SMILES string of the molecule is CC(C)N(CCS(=O)(=O)c1ccccc1)C(=O)NCCN1CCOCC1. The highest BCUT2D eigenvalue weighted by Gasteiger charge is 2.21. The summed E-state index contributed by atoms with van der Waals surface area (Å²) in [5.74, 6) is -0.0912. The van der Waals surface area contributed by atoms with Crippen molar-refractivity contribution in [2.75, 3.05) is 51.7 Å². The van der Waals surface area contributed by atoms with Crippen LogP contribution in [0.1, 0.15) is 13.8 Å². The van der Waals surface area contributed by atoms with Crippen LogP contribution in [0.25, 0.3) is 0 Å². The molecule has 1 fully saturated rings. The van der Waals surface area contributed by atoms with Gasteiger partial charge in [0.1, 0.15) is 0 Å². The number of urea groups is 1. The Labute approximate surface area is 156 Å². The monoisotopic (exact) mass is 383 g/mol. The quantitative estimate of drug-likeness (QED) is 0.730. The van der Waals surface area contributed by atoms with Gasteiger partial charge in [-0.2, -0.15) is 0 Å². The molecule has 146 valence electrons. The summed E-state index contributed by atoms with van der Waals surface area (Å²) in [4.78, 5) is 16.6. The van der Waals surface area contributed by atoms with Crippen LogP contribution in [-0.4, -0.2) is 82.0 Å². The van der Waals surface area contributed by atoms with Gasteiger partial charge in [-0.25, -0.2) is 13.2 Å². The molecule has 1 heterocycles. The highest BCUT2D eigenvalue weighted by atomic mass is 32.2. The van der Waals surface area contributed by atoms with E-state index in [0.29, 0.717) is 6.54 Å². The van der Waals surface area contributed by atoms with Crippen LogP contribution in [0, 0.1) is 0 Å². The fraction of sp³-hybridized carbons (Fsp3) is 0.611. The zero-order valence-electron chi connectivity index (χ0n) is 15.6. The summed E-state index contributed by atoms with van der Waals surface area (Å²) in [6.07, 6.45) is 0. The molecule has 7 nitrogen and oxygen atoms in total. The zero-order chi connectivity index (χ0) is 19.0. The predicted octanol–water partition coefficient (Wildman–Crippen LogP) is 1.21. The van der Waals surface area contributed by atoms with Crippen LogP contribution >= 0.6 is 0 Å². The molecule has 0 aromatic heterocycles. The Bertz CT molecular complexity index is 658. The third-order valence-electron chi connectivity index (χ3n) is 4.40. The second-order valence-electron chi connectivity index (χ2n) is 6.61. The summed E-state index contributed by atoms with van der Waals surface area (Å²) in [5.41, 5.74) is 0. The van der Waals surface area contributed by atoms with Crippen molar-refractivity contribution in [3.8, 4) is 0 Å². The molecular weight excluding hydrogens is 354 g/mol. The van der Waals surface area contributed by atoms with E-state index in [4.69, 9.17) is 4.74 Å². The first-order valence-electron chi connectivity index (χ1n) is 9.02. The lowest BCUT2D eigenvalue weighted by Crippen LogP contribution is -2.48. The Morgan fingerprint density at radius 1 is 1.23 bits per heavy atom. The Morgan fingerprint density at radius 3 is 2.50 bits per heavy atom. The van der Waals surface area contributed by atoms with Crippen LogP contribution in [0.3, 0.4) is 0 Å². The number of rotatable bonds is 8. The lowest BCUT2D eigenvalue weighted by Gasteiger charge is -2.29. The predicted molar refractivity (Wildman–Crippen MR) is 101 cm³/mol. The molecule has 1 N–H and O–H groups in total. The lowest BCUT2D eigenvalue weighted by molar-refractivity contribution is 0.0385. The van der Waals surface area contributed by atoms with Crippen molar-refractivity contribution >= 4 is 15.9 Å². The van der Waals surface area contributed by atoms with Gasteiger partial charge in [-0.05, 0) is 26.0 Å².